The van der Waals surface area contributed by atoms with E-state index in [9.17, 15) is 9.59 Å². The Morgan fingerprint density at radius 3 is 2.58 bits per heavy atom. The fraction of sp³-hybridized carbons (Fsp3) is 0.571. The molecule has 0 aliphatic heterocycles. The van der Waals surface area contributed by atoms with Crippen LogP contribution < -0.4 is 0 Å². The monoisotopic (exact) mass is 193 g/mol. The number of ether oxygens (including phenoxy) is 2. The Balaban J connectivity index is 3.47. The average molecular weight is 194 g/mol. The van der Waals surface area contributed by atoms with Crippen LogP contribution in [0, 0.1) is 6.61 Å². The molecule has 0 aromatic rings. The molecule has 0 heterocycles. The van der Waals surface area contributed by atoms with E-state index in [1.807, 2.05) is 0 Å². The maximum absolute atomic E-state index is 10.7. The van der Waals surface area contributed by atoms with Gasteiger partial charge in [-0.25, -0.2) is 0 Å². The molecular weight excluding hydrogens is 184 g/mol. The lowest BCUT2D eigenvalue weighted by Crippen LogP contribution is -2.13. The smallest absolute Gasteiger partial charge is 0.317 e. The van der Waals surface area contributed by atoms with Crippen LogP contribution in [0.5, 0.6) is 0 Å². The van der Waals surface area contributed by atoms with Gasteiger partial charge in [-0.3, -0.25) is 9.59 Å². The van der Waals surface area contributed by atoms with Gasteiger partial charge in [-0.2, -0.15) is 0 Å². The summed E-state index contributed by atoms with van der Waals surface area (Å²) in [4.78, 5) is 21.3. The first-order valence-corrected chi connectivity index (χ1v) is 3.97. The second-order valence-corrected chi connectivity index (χ2v) is 2.10. The third-order valence-corrected chi connectivity index (χ3v) is 0.998. The van der Waals surface area contributed by atoms with Crippen LogP contribution in [0.15, 0.2) is 0 Å². The summed E-state index contributed by atoms with van der Waals surface area (Å²) < 4.78 is 8.92. The quantitative estimate of drug-likeness (QED) is 0.370. The zero-order chi connectivity index (χ0) is 9.40. The van der Waals surface area contributed by atoms with Crippen LogP contribution in [0.4, 0.5) is 0 Å². The largest absolute Gasteiger partial charge is 0.466 e. The number of esters is 2. The third kappa shape index (κ3) is 5.97. The van der Waals surface area contributed by atoms with Gasteiger partial charge in [0.2, 0.25) is 0 Å². The van der Waals surface area contributed by atoms with Crippen LogP contribution >= 0.6 is 11.6 Å². The van der Waals surface area contributed by atoms with Crippen LogP contribution in [0.3, 0.4) is 0 Å². The Bertz CT molecular complexity index is 157. The molecule has 12 heavy (non-hydrogen) atoms. The summed E-state index contributed by atoms with van der Waals surface area (Å²) in [6.07, 6.45) is -0.374. The summed E-state index contributed by atoms with van der Waals surface area (Å²) in [6.45, 7) is 3.03. The van der Waals surface area contributed by atoms with E-state index in [-0.39, 0.29) is 18.9 Å². The molecule has 0 aliphatic rings. The molecule has 0 amide bonds. The molecular formula is C7H10ClO4. The Labute approximate surface area is 75.8 Å². The lowest BCUT2D eigenvalue weighted by atomic mass is 10.4. The minimum atomic E-state index is -0.658. The van der Waals surface area contributed by atoms with Gasteiger partial charge in [0.25, 0.3) is 0 Å². The van der Waals surface area contributed by atoms with Crippen molar-refractivity contribution in [2.75, 3.05) is 12.5 Å². The van der Waals surface area contributed by atoms with Crippen molar-refractivity contribution in [1.82, 2.24) is 0 Å². The van der Waals surface area contributed by atoms with Crippen LogP contribution in [-0.4, -0.2) is 24.4 Å². The molecule has 0 rings (SSSR count). The van der Waals surface area contributed by atoms with Crippen molar-refractivity contribution in [2.24, 2.45) is 0 Å². The normalized spacial score (nSPS) is 9.17. The topological polar surface area (TPSA) is 52.6 Å². The minimum absolute atomic E-state index is 0.106. The van der Waals surface area contributed by atoms with E-state index in [0.717, 1.165) is 6.61 Å². The number of carbonyl (C=O) groups is 2. The van der Waals surface area contributed by atoms with E-state index in [2.05, 4.69) is 9.47 Å². The predicted molar refractivity (Wildman–Crippen MR) is 42.4 cm³/mol. The lowest BCUT2D eigenvalue weighted by Gasteiger charge is -2.01. The molecule has 0 N–H and O–H groups in total. The number of carbonyl (C=O) groups excluding carboxylic acids is 2. The SMILES string of the molecule is CCOC(=O)CC(=O)O[CH]CCl. The van der Waals surface area contributed by atoms with E-state index < -0.39 is 11.9 Å². The highest BCUT2D eigenvalue weighted by Crippen LogP contribution is 1.93. The molecule has 4 nitrogen and oxygen atoms in total. The second kappa shape index (κ2) is 6.91. The Morgan fingerprint density at radius 1 is 1.42 bits per heavy atom. The Hall–Kier alpha value is -0.770. The number of halogens is 1. The summed E-state index contributed by atoms with van der Waals surface area (Å²) in [7, 11) is 0. The zero-order valence-electron chi connectivity index (χ0n) is 6.71. The number of rotatable bonds is 5. The van der Waals surface area contributed by atoms with E-state index >= 15 is 0 Å². The first-order chi connectivity index (χ1) is 5.70. The van der Waals surface area contributed by atoms with Crippen molar-refractivity contribution in [1.29, 1.82) is 0 Å². The Kier molecular flexibility index (Phi) is 6.47. The van der Waals surface area contributed by atoms with Crippen molar-refractivity contribution in [3.05, 3.63) is 6.61 Å². The van der Waals surface area contributed by atoms with Gasteiger partial charge >= 0.3 is 11.9 Å². The van der Waals surface area contributed by atoms with Crippen LogP contribution in [0.1, 0.15) is 13.3 Å². The van der Waals surface area contributed by atoms with E-state index in [1.165, 1.54) is 0 Å². The highest BCUT2D eigenvalue weighted by atomic mass is 35.5. The number of hydrogen-bond donors (Lipinski definition) is 0. The molecule has 0 aromatic heterocycles. The number of hydrogen-bond acceptors (Lipinski definition) is 4. The predicted octanol–water partition coefficient (Wildman–Crippen LogP) is 0.883. The highest BCUT2D eigenvalue weighted by molar-refractivity contribution is 6.18. The van der Waals surface area contributed by atoms with E-state index in [4.69, 9.17) is 11.6 Å². The van der Waals surface area contributed by atoms with Crippen molar-refractivity contribution in [3.63, 3.8) is 0 Å². The molecule has 0 unspecified atom stereocenters. The maximum atomic E-state index is 10.7. The van der Waals surface area contributed by atoms with Gasteiger partial charge < -0.3 is 9.47 Å². The second-order valence-electron chi connectivity index (χ2n) is 1.79. The van der Waals surface area contributed by atoms with Crippen molar-refractivity contribution in [3.8, 4) is 0 Å². The standard InChI is InChI=1S/C7H10ClO4/c1-2-11-6(9)5-7(10)12-4-3-8/h4H,2-3,5H2,1H3. The summed E-state index contributed by atoms with van der Waals surface area (Å²) in [5, 5.41) is 0. The van der Waals surface area contributed by atoms with Crippen LogP contribution in [-0.2, 0) is 19.1 Å². The summed E-state index contributed by atoms with van der Waals surface area (Å²) >= 11 is 5.19. The fourth-order valence-corrected chi connectivity index (χ4v) is 0.559. The molecule has 0 saturated carbocycles. The molecule has 1 radical (unpaired) electrons. The summed E-state index contributed by atoms with van der Waals surface area (Å²) in [5.41, 5.74) is 0. The lowest BCUT2D eigenvalue weighted by molar-refractivity contribution is -0.152. The summed E-state index contributed by atoms with van der Waals surface area (Å²) in [6, 6.07) is 0. The fourth-order valence-electron chi connectivity index (χ4n) is 0.496. The molecule has 0 saturated heterocycles. The van der Waals surface area contributed by atoms with Crippen LogP contribution in [0.2, 0.25) is 0 Å². The molecule has 0 aliphatic carbocycles. The molecule has 5 heteroatoms. The van der Waals surface area contributed by atoms with E-state index in [0.29, 0.717) is 0 Å². The van der Waals surface area contributed by atoms with Crippen molar-refractivity contribution >= 4 is 23.5 Å². The highest BCUT2D eigenvalue weighted by Gasteiger charge is 2.10. The van der Waals surface area contributed by atoms with Gasteiger partial charge in [0.15, 0.2) is 6.61 Å². The van der Waals surface area contributed by atoms with Gasteiger partial charge in [0.1, 0.15) is 6.42 Å². The molecule has 0 spiro atoms. The molecule has 0 bridgehead atoms. The third-order valence-electron chi connectivity index (χ3n) is 0.872. The molecule has 0 atom stereocenters. The maximum Gasteiger partial charge on any atom is 0.317 e. The first-order valence-electron chi connectivity index (χ1n) is 3.43. The average Bonchev–Trinajstić information content (AvgIpc) is 2.01. The van der Waals surface area contributed by atoms with Crippen molar-refractivity contribution < 1.29 is 19.1 Å². The number of alkyl halides is 1. The van der Waals surface area contributed by atoms with Gasteiger partial charge in [-0.05, 0) is 6.92 Å². The van der Waals surface area contributed by atoms with E-state index in [1.54, 1.807) is 6.92 Å². The Morgan fingerprint density at radius 2 is 2.08 bits per heavy atom. The molecule has 0 fully saturated rings. The first kappa shape index (κ1) is 11.2. The molecule has 69 valence electrons. The molecule has 0 aromatic carbocycles. The zero-order valence-corrected chi connectivity index (χ0v) is 7.47. The van der Waals surface area contributed by atoms with Crippen LogP contribution in [0.25, 0.3) is 0 Å². The minimum Gasteiger partial charge on any atom is -0.466 e. The van der Waals surface area contributed by atoms with Gasteiger partial charge in [-0.1, -0.05) is 0 Å². The van der Waals surface area contributed by atoms with Gasteiger partial charge in [-0.15, -0.1) is 11.6 Å². The van der Waals surface area contributed by atoms with Crippen molar-refractivity contribution in [2.45, 2.75) is 13.3 Å². The van der Waals surface area contributed by atoms with Gasteiger partial charge in [0, 0.05) is 0 Å². The van der Waals surface area contributed by atoms with Gasteiger partial charge in [0.05, 0.1) is 12.5 Å². The summed E-state index contributed by atoms with van der Waals surface area (Å²) in [5.74, 6) is -1.14.